The van der Waals surface area contributed by atoms with Gasteiger partial charge in [0.15, 0.2) is 0 Å². The van der Waals surface area contributed by atoms with Gasteiger partial charge in [-0.3, -0.25) is 0 Å². The molecule has 3 rings (SSSR count). The van der Waals surface area contributed by atoms with E-state index in [1.54, 1.807) is 0 Å². The third-order valence-corrected chi connectivity index (χ3v) is 4.34. The molecule has 100 valence electrons. The Morgan fingerprint density at radius 3 is 2.94 bits per heavy atom. The zero-order chi connectivity index (χ0) is 12.5. The van der Waals surface area contributed by atoms with Gasteiger partial charge in [0, 0.05) is 44.1 Å². The lowest BCUT2D eigenvalue weighted by atomic mass is 10.0. The fourth-order valence-electron chi connectivity index (χ4n) is 3.42. The molecule has 1 aromatic rings. The molecule has 4 heteroatoms. The highest BCUT2D eigenvalue weighted by atomic mass is 16.3. The summed E-state index contributed by atoms with van der Waals surface area (Å²) in [5.74, 6) is 1.84. The molecular weight excluding hydrogens is 226 g/mol. The molecule has 2 aliphatic heterocycles. The second-order valence-electron chi connectivity index (χ2n) is 5.69. The van der Waals surface area contributed by atoms with Crippen LogP contribution in [0.3, 0.4) is 0 Å². The number of rotatable bonds is 3. The normalized spacial score (nSPS) is 24.4. The van der Waals surface area contributed by atoms with Crippen molar-refractivity contribution in [2.24, 2.45) is 0 Å². The first-order valence-corrected chi connectivity index (χ1v) is 7.17. The van der Waals surface area contributed by atoms with Gasteiger partial charge in [-0.2, -0.15) is 0 Å². The Morgan fingerprint density at radius 1 is 1.33 bits per heavy atom. The maximum atomic E-state index is 9.31. The minimum atomic E-state index is 0.237. The van der Waals surface area contributed by atoms with Gasteiger partial charge >= 0.3 is 0 Å². The van der Waals surface area contributed by atoms with Crippen molar-refractivity contribution >= 4 is 0 Å². The van der Waals surface area contributed by atoms with Crippen LogP contribution in [0.1, 0.15) is 42.4 Å². The number of hydrogen-bond acceptors (Lipinski definition) is 3. The number of nitrogens with zero attached hydrogens (tertiary/aromatic N) is 3. The van der Waals surface area contributed by atoms with E-state index in [0.29, 0.717) is 5.92 Å². The Labute approximate surface area is 109 Å². The van der Waals surface area contributed by atoms with Crippen LogP contribution >= 0.6 is 0 Å². The van der Waals surface area contributed by atoms with E-state index >= 15 is 0 Å². The van der Waals surface area contributed by atoms with Crippen molar-refractivity contribution in [1.82, 2.24) is 14.5 Å². The number of likely N-dealkylation sites (N-methyl/N-ethyl adjacent to an activating group) is 1. The van der Waals surface area contributed by atoms with Gasteiger partial charge in [-0.1, -0.05) is 0 Å². The fourth-order valence-corrected chi connectivity index (χ4v) is 3.42. The van der Waals surface area contributed by atoms with Crippen LogP contribution in [0.15, 0.2) is 0 Å². The molecule has 1 fully saturated rings. The molecule has 3 heterocycles. The van der Waals surface area contributed by atoms with Gasteiger partial charge in [-0.25, -0.2) is 4.98 Å². The smallest absolute Gasteiger partial charge is 0.109 e. The average Bonchev–Trinajstić information content (AvgIpc) is 2.95. The molecule has 1 N–H and O–H groups in total. The van der Waals surface area contributed by atoms with Crippen molar-refractivity contribution in [2.75, 3.05) is 26.7 Å². The fraction of sp³-hybridized carbons (Fsp3) is 0.786. The van der Waals surface area contributed by atoms with E-state index in [1.165, 1.54) is 43.0 Å². The summed E-state index contributed by atoms with van der Waals surface area (Å²) in [6, 6.07) is 0. The highest BCUT2D eigenvalue weighted by Gasteiger charge is 2.28. The summed E-state index contributed by atoms with van der Waals surface area (Å²) in [6.07, 6.45) is 5.61. The number of imidazole rings is 1. The zero-order valence-corrected chi connectivity index (χ0v) is 11.2. The summed E-state index contributed by atoms with van der Waals surface area (Å²) < 4.78 is 2.38. The first-order chi connectivity index (χ1) is 8.79. The SMILES string of the molecule is CN1CCC(c2nc3n(c2CCO)CCCC3)C1. The van der Waals surface area contributed by atoms with E-state index in [-0.39, 0.29) is 6.61 Å². The van der Waals surface area contributed by atoms with Crippen LogP contribution in [0.2, 0.25) is 0 Å². The summed E-state index contributed by atoms with van der Waals surface area (Å²) >= 11 is 0. The summed E-state index contributed by atoms with van der Waals surface area (Å²) in [5, 5.41) is 9.31. The molecule has 1 saturated heterocycles. The molecule has 0 saturated carbocycles. The summed E-state index contributed by atoms with van der Waals surface area (Å²) in [6.45, 7) is 3.63. The van der Waals surface area contributed by atoms with E-state index in [9.17, 15) is 5.11 Å². The quantitative estimate of drug-likeness (QED) is 0.874. The first kappa shape index (κ1) is 12.2. The lowest BCUT2D eigenvalue weighted by Gasteiger charge is -2.16. The molecule has 0 spiro atoms. The number of aliphatic hydroxyl groups excluding tert-OH is 1. The van der Waals surface area contributed by atoms with Crippen LogP contribution in [0.4, 0.5) is 0 Å². The molecular formula is C14H23N3O. The molecule has 1 aromatic heterocycles. The molecule has 4 nitrogen and oxygen atoms in total. The minimum Gasteiger partial charge on any atom is -0.396 e. The van der Waals surface area contributed by atoms with Crippen LogP contribution in [-0.2, 0) is 19.4 Å². The van der Waals surface area contributed by atoms with Crippen molar-refractivity contribution in [3.05, 3.63) is 17.2 Å². The summed E-state index contributed by atoms with van der Waals surface area (Å²) in [5.41, 5.74) is 2.60. The van der Waals surface area contributed by atoms with Crippen molar-refractivity contribution in [1.29, 1.82) is 0 Å². The van der Waals surface area contributed by atoms with E-state index in [2.05, 4.69) is 16.5 Å². The molecule has 18 heavy (non-hydrogen) atoms. The number of likely N-dealkylation sites (tertiary alicyclic amines) is 1. The Balaban J connectivity index is 1.94. The van der Waals surface area contributed by atoms with Crippen LogP contribution in [0.25, 0.3) is 0 Å². The minimum absolute atomic E-state index is 0.237. The monoisotopic (exact) mass is 249 g/mol. The Bertz CT molecular complexity index is 427. The van der Waals surface area contributed by atoms with Crippen molar-refractivity contribution < 1.29 is 5.11 Å². The van der Waals surface area contributed by atoms with Crippen LogP contribution in [0, 0.1) is 0 Å². The molecule has 0 aliphatic carbocycles. The van der Waals surface area contributed by atoms with E-state index in [1.807, 2.05) is 0 Å². The highest BCUT2D eigenvalue weighted by Crippen LogP contribution is 2.31. The first-order valence-electron chi connectivity index (χ1n) is 7.17. The third-order valence-electron chi connectivity index (χ3n) is 4.34. The molecule has 2 aliphatic rings. The molecule has 0 aromatic carbocycles. The number of aliphatic hydroxyl groups is 1. The lowest BCUT2D eigenvalue weighted by Crippen LogP contribution is -2.15. The highest BCUT2D eigenvalue weighted by molar-refractivity contribution is 5.24. The van der Waals surface area contributed by atoms with Crippen LogP contribution in [-0.4, -0.2) is 46.3 Å². The molecule has 0 bridgehead atoms. The Morgan fingerprint density at radius 2 is 2.22 bits per heavy atom. The second-order valence-corrected chi connectivity index (χ2v) is 5.69. The van der Waals surface area contributed by atoms with Gasteiger partial charge in [-0.15, -0.1) is 0 Å². The summed E-state index contributed by atoms with van der Waals surface area (Å²) in [4.78, 5) is 7.29. The molecule has 0 amide bonds. The lowest BCUT2D eigenvalue weighted by molar-refractivity contribution is 0.294. The number of fused-ring (bicyclic) bond motifs is 1. The van der Waals surface area contributed by atoms with Gasteiger partial charge in [-0.05, 0) is 32.9 Å². The predicted molar refractivity (Wildman–Crippen MR) is 70.8 cm³/mol. The topological polar surface area (TPSA) is 41.3 Å². The maximum Gasteiger partial charge on any atom is 0.109 e. The predicted octanol–water partition coefficient (Wildman–Crippen LogP) is 1.17. The van der Waals surface area contributed by atoms with E-state index in [0.717, 1.165) is 25.9 Å². The molecule has 1 atom stereocenters. The Hall–Kier alpha value is -0.870. The largest absolute Gasteiger partial charge is 0.396 e. The van der Waals surface area contributed by atoms with Crippen LogP contribution in [0.5, 0.6) is 0 Å². The van der Waals surface area contributed by atoms with Crippen molar-refractivity contribution in [3.63, 3.8) is 0 Å². The standard InChI is InChI=1S/C14H23N3O/c1-16-8-5-11(10-16)14-12(6-9-18)17-7-3-2-4-13(17)15-14/h11,18H,2-10H2,1H3. The second kappa shape index (κ2) is 5.02. The van der Waals surface area contributed by atoms with Crippen molar-refractivity contribution in [2.45, 2.75) is 44.6 Å². The maximum absolute atomic E-state index is 9.31. The molecule has 0 radical (unpaired) electrons. The van der Waals surface area contributed by atoms with E-state index in [4.69, 9.17) is 4.98 Å². The zero-order valence-electron chi connectivity index (χ0n) is 11.2. The Kier molecular flexibility index (Phi) is 3.39. The van der Waals surface area contributed by atoms with Gasteiger partial charge < -0.3 is 14.6 Å². The van der Waals surface area contributed by atoms with Gasteiger partial charge in [0.2, 0.25) is 0 Å². The van der Waals surface area contributed by atoms with Crippen LogP contribution < -0.4 is 0 Å². The number of hydrogen-bond donors (Lipinski definition) is 1. The number of aromatic nitrogens is 2. The van der Waals surface area contributed by atoms with Gasteiger partial charge in [0.05, 0.1) is 5.69 Å². The number of aryl methyl sites for hydroxylation is 1. The van der Waals surface area contributed by atoms with E-state index < -0.39 is 0 Å². The molecule has 1 unspecified atom stereocenters. The van der Waals surface area contributed by atoms with Gasteiger partial charge in [0.1, 0.15) is 5.82 Å². The van der Waals surface area contributed by atoms with Gasteiger partial charge in [0.25, 0.3) is 0 Å². The third kappa shape index (κ3) is 2.08. The average molecular weight is 249 g/mol. The van der Waals surface area contributed by atoms with Crippen molar-refractivity contribution in [3.8, 4) is 0 Å². The summed E-state index contributed by atoms with van der Waals surface area (Å²) in [7, 11) is 2.18.